The van der Waals surface area contributed by atoms with Crippen molar-refractivity contribution in [3.8, 4) is 0 Å². The number of hydrogen-bond acceptors (Lipinski definition) is 4. The van der Waals surface area contributed by atoms with Crippen molar-refractivity contribution in [2.45, 2.75) is 25.9 Å². The number of H-pyrrole nitrogens is 1. The molecule has 1 aromatic carbocycles. The molecule has 3 rings (SSSR count). The van der Waals surface area contributed by atoms with E-state index in [1.54, 1.807) is 0 Å². The Morgan fingerprint density at radius 1 is 1.40 bits per heavy atom. The summed E-state index contributed by atoms with van der Waals surface area (Å²) in [7, 11) is 0. The highest BCUT2D eigenvalue weighted by Crippen LogP contribution is 2.23. The van der Waals surface area contributed by atoms with Crippen LogP contribution in [0.3, 0.4) is 0 Å². The lowest BCUT2D eigenvalue weighted by molar-refractivity contribution is -0.828. The summed E-state index contributed by atoms with van der Waals surface area (Å²) in [5, 5.41) is 8.23. The average molecular weight is 276 g/mol. The molecule has 20 heavy (non-hydrogen) atoms. The van der Waals surface area contributed by atoms with E-state index in [1.807, 2.05) is 12.1 Å². The van der Waals surface area contributed by atoms with Crippen molar-refractivity contribution < 1.29 is 20.2 Å². The molecule has 1 aliphatic rings. The Kier molecular flexibility index (Phi) is 4.86. The van der Waals surface area contributed by atoms with E-state index in [0.717, 1.165) is 18.3 Å². The van der Waals surface area contributed by atoms with Gasteiger partial charge in [-0.1, -0.05) is 24.3 Å². The number of carbonyl (C=O) groups is 1. The number of nitrogens with zero attached hydrogens (tertiary/aromatic N) is 1. The summed E-state index contributed by atoms with van der Waals surface area (Å²) in [4.78, 5) is 17.0. The van der Waals surface area contributed by atoms with Gasteiger partial charge in [-0.3, -0.25) is 9.78 Å². The average Bonchev–Trinajstić information content (AvgIpc) is 3.07. The minimum Gasteiger partial charge on any atom is -0.462 e. The second kappa shape index (κ2) is 6.83. The molecule has 2 aromatic rings. The van der Waals surface area contributed by atoms with Gasteiger partial charge in [0.15, 0.2) is 0 Å². The molecule has 6 nitrogen and oxygen atoms in total. The van der Waals surface area contributed by atoms with Crippen molar-refractivity contribution in [3.05, 3.63) is 47.9 Å². The molecule has 1 aliphatic carbocycles. The summed E-state index contributed by atoms with van der Waals surface area (Å²) < 4.78 is 5.15. The fraction of sp³-hybridized carbons (Fsp3) is 0.286. The molecule has 1 aromatic heterocycles. The minimum absolute atomic E-state index is 0.0647. The van der Waals surface area contributed by atoms with Gasteiger partial charge in [0.1, 0.15) is 12.3 Å². The van der Waals surface area contributed by atoms with Crippen molar-refractivity contribution in [2.24, 2.45) is 0 Å². The largest absolute Gasteiger partial charge is 0.462 e. The lowest BCUT2D eigenvalue weighted by Gasteiger charge is -2.08. The maximum absolute atomic E-state index is 10.7. The number of esters is 1. The zero-order valence-electron chi connectivity index (χ0n) is 11.2. The Morgan fingerprint density at radius 2 is 2.05 bits per heavy atom. The number of rotatable bonds is 2. The fourth-order valence-corrected chi connectivity index (χ4v) is 2.17. The summed E-state index contributed by atoms with van der Waals surface area (Å²) in [5.74, 6) is 0.442. The first-order valence-electron chi connectivity index (χ1n) is 6.39. The smallest absolute Gasteiger partial charge is 0.302 e. The van der Waals surface area contributed by atoms with E-state index < -0.39 is 0 Å². The molecule has 0 fully saturated rings. The molecule has 0 amide bonds. The van der Waals surface area contributed by atoms with Crippen molar-refractivity contribution >= 4 is 11.8 Å². The third-order valence-electron chi connectivity index (χ3n) is 3.00. The number of benzene rings is 1. The zero-order chi connectivity index (χ0) is 14.4. The Labute approximate surface area is 116 Å². The maximum Gasteiger partial charge on any atom is 0.302 e. The second-order valence-electron chi connectivity index (χ2n) is 4.54. The van der Waals surface area contributed by atoms with Crippen molar-refractivity contribution in [1.82, 2.24) is 9.97 Å². The summed E-state index contributed by atoms with van der Waals surface area (Å²) in [6.07, 6.45) is 4.84. The van der Waals surface area contributed by atoms with Crippen LogP contribution in [0.4, 0.5) is 5.82 Å². The van der Waals surface area contributed by atoms with E-state index in [0.29, 0.717) is 5.82 Å². The molecule has 0 atom stereocenters. The van der Waals surface area contributed by atoms with Gasteiger partial charge in [-0.15, -0.1) is 0 Å². The van der Waals surface area contributed by atoms with Crippen LogP contribution in [0.15, 0.2) is 36.8 Å². The highest BCUT2D eigenvalue weighted by atomic mass is 16.5. The van der Waals surface area contributed by atoms with E-state index in [-0.39, 0.29) is 12.1 Å². The van der Waals surface area contributed by atoms with Crippen LogP contribution >= 0.6 is 0 Å². The quantitative estimate of drug-likeness (QED) is 0.556. The highest BCUT2D eigenvalue weighted by Gasteiger charge is 2.22. The van der Waals surface area contributed by atoms with Gasteiger partial charge in [-0.05, 0) is 11.1 Å². The number of nitrogens with one attached hydrogen (secondary N) is 1. The first-order chi connectivity index (χ1) is 9.69. The standard InChI is InChI=1S/C11H12O2.C3H5N3O/c1-8(12)13-11-6-9-4-2-3-5-10(9)7-11;7-6-3-1-4-2-5-3/h2-5,11H,6-7H2,1H3;1-2,6-7H,(H,4,5)/p+1. The molecular formula is C14H18N3O3+. The van der Waals surface area contributed by atoms with Crippen LogP contribution < -0.4 is 5.48 Å². The van der Waals surface area contributed by atoms with Crippen LogP contribution in [-0.2, 0) is 22.4 Å². The number of aromatic amines is 1. The van der Waals surface area contributed by atoms with E-state index >= 15 is 0 Å². The third-order valence-corrected chi connectivity index (χ3v) is 3.00. The summed E-state index contributed by atoms with van der Waals surface area (Å²) in [5.41, 5.74) is 3.59. The molecule has 0 saturated carbocycles. The molecule has 4 N–H and O–H groups in total. The number of nitrogens with two attached hydrogens (primary N) is 1. The van der Waals surface area contributed by atoms with Crippen molar-refractivity contribution in [3.63, 3.8) is 0 Å². The molecule has 0 saturated heterocycles. The van der Waals surface area contributed by atoms with Gasteiger partial charge in [-0.2, -0.15) is 5.48 Å². The SMILES string of the molecule is CC(=O)OC1Cc2ccccc2C1.O[NH2+]c1cnc[nH]1. The first-order valence-corrected chi connectivity index (χ1v) is 6.39. The van der Waals surface area contributed by atoms with Gasteiger partial charge in [0.05, 0.1) is 6.33 Å². The Balaban J connectivity index is 0.000000178. The van der Waals surface area contributed by atoms with Crippen LogP contribution in [0.5, 0.6) is 0 Å². The highest BCUT2D eigenvalue weighted by molar-refractivity contribution is 5.66. The van der Waals surface area contributed by atoms with Gasteiger partial charge in [-0.25, -0.2) is 10.2 Å². The second-order valence-corrected chi connectivity index (χ2v) is 4.54. The number of imidazole rings is 1. The minimum atomic E-state index is -0.183. The zero-order valence-corrected chi connectivity index (χ0v) is 11.2. The molecule has 0 radical (unpaired) electrons. The number of quaternary nitrogens is 1. The number of aromatic nitrogens is 2. The van der Waals surface area contributed by atoms with Gasteiger partial charge in [0, 0.05) is 19.8 Å². The predicted octanol–water partition coefficient (Wildman–Crippen LogP) is 0.711. The summed E-state index contributed by atoms with van der Waals surface area (Å²) in [6.45, 7) is 1.46. The lowest BCUT2D eigenvalue weighted by atomic mass is 10.1. The van der Waals surface area contributed by atoms with Crippen molar-refractivity contribution in [2.75, 3.05) is 0 Å². The Hall–Kier alpha value is -2.18. The van der Waals surface area contributed by atoms with Crippen LogP contribution in [0, 0.1) is 0 Å². The fourth-order valence-electron chi connectivity index (χ4n) is 2.17. The van der Waals surface area contributed by atoms with Gasteiger partial charge >= 0.3 is 5.97 Å². The van der Waals surface area contributed by atoms with E-state index in [4.69, 9.17) is 9.94 Å². The lowest BCUT2D eigenvalue weighted by Crippen LogP contribution is -2.74. The molecule has 1 heterocycles. The first kappa shape index (κ1) is 14.2. The number of carbonyl (C=O) groups excluding carboxylic acids is 1. The predicted molar refractivity (Wildman–Crippen MR) is 71.4 cm³/mol. The third kappa shape index (κ3) is 3.91. The van der Waals surface area contributed by atoms with E-state index in [2.05, 4.69) is 22.1 Å². The molecule has 0 aliphatic heterocycles. The summed E-state index contributed by atoms with van der Waals surface area (Å²) in [6, 6.07) is 8.24. The monoisotopic (exact) mass is 276 g/mol. The van der Waals surface area contributed by atoms with Gasteiger partial charge in [0.2, 0.25) is 0 Å². The molecule has 0 bridgehead atoms. The van der Waals surface area contributed by atoms with Crippen LogP contribution in [0.25, 0.3) is 0 Å². The molecule has 0 unspecified atom stereocenters. The normalized spacial score (nSPS) is 13.3. The maximum atomic E-state index is 10.7. The molecule has 0 spiro atoms. The van der Waals surface area contributed by atoms with E-state index in [9.17, 15) is 4.79 Å². The molecule has 6 heteroatoms. The van der Waals surface area contributed by atoms with Crippen LogP contribution in [0.1, 0.15) is 18.1 Å². The Morgan fingerprint density at radius 3 is 2.45 bits per heavy atom. The number of ether oxygens (including phenoxy) is 1. The number of fused-ring (bicyclic) bond motifs is 1. The van der Waals surface area contributed by atoms with Crippen molar-refractivity contribution in [1.29, 1.82) is 0 Å². The van der Waals surface area contributed by atoms with Gasteiger partial charge in [0.25, 0.3) is 5.82 Å². The van der Waals surface area contributed by atoms with E-state index in [1.165, 1.54) is 30.6 Å². The number of hydrogen-bond donors (Lipinski definition) is 3. The van der Waals surface area contributed by atoms with Crippen LogP contribution in [0.2, 0.25) is 0 Å². The van der Waals surface area contributed by atoms with Crippen LogP contribution in [-0.4, -0.2) is 27.2 Å². The molecule has 106 valence electrons. The van der Waals surface area contributed by atoms with Gasteiger partial charge < -0.3 is 4.74 Å². The topological polar surface area (TPSA) is 91.8 Å². The molecular weight excluding hydrogens is 258 g/mol. The summed E-state index contributed by atoms with van der Waals surface area (Å²) >= 11 is 0. The Bertz CT molecular complexity index is 530.